The number of thiophene rings is 1. The Hall–Kier alpha value is -8.43. The largest absolute Gasteiger partial charge is 0.467 e. The van der Waals surface area contributed by atoms with Crippen LogP contribution in [0.2, 0.25) is 0 Å². The minimum absolute atomic E-state index is 0.792. The maximum absolute atomic E-state index is 5.08. The lowest BCUT2D eigenvalue weighted by molar-refractivity contribution is 0.504. The van der Waals surface area contributed by atoms with E-state index >= 15 is 0 Å². The maximum atomic E-state index is 5.08. The van der Waals surface area contributed by atoms with Crippen molar-refractivity contribution in [1.29, 1.82) is 0 Å². The lowest BCUT2D eigenvalue weighted by atomic mass is 9.99. The van der Waals surface area contributed by atoms with Crippen LogP contribution in [0, 0.1) is 132 Å². The fourth-order valence-corrected chi connectivity index (χ4v) is 7.76. The zero-order valence-corrected chi connectivity index (χ0v) is 68.6. The Morgan fingerprint density at radius 3 is 0.794 bits per heavy atom. The quantitative estimate of drug-likeness (QED) is 0.131. The zero-order valence-electron chi connectivity index (χ0n) is 67.8. The van der Waals surface area contributed by atoms with Crippen molar-refractivity contribution in [2.75, 3.05) is 0 Å². The highest BCUT2D eigenvalue weighted by atomic mass is 32.1. The van der Waals surface area contributed by atoms with Crippen LogP contribution in [0.3, 0.4) is 0 Å². The Morgan fingerprint density at radius 1 is 0.258 bits per heavy atom. The van der Waals surface area contributed by atoms with Crippen LogP contribution in [0.1, 0.15) is 232 Å². The molecule has 0 saturated heterocycles. The van der Waals surface area contributed by atoms with Crippen LogP contribution >= 0.6 is 11.3 Å². The first kappa shape index (κ1) is 102. The maximum Gasteiger partial charge on any atom is 0.129 e. The van der Waals surface area contributed by atoms with E-state index in [0.29, 0.717) is 0 Å². The van der Waals surface area contributed by atoms with Gasteiger partial charge >= 0.3 is 0 Å². The van der Waals surface area contributed by atoms with E-state index in [0.717, 1.165) is 86.2 Å². The monoisotopic (exact) mass is 1350 g/mol. The molecule has 3 aromatic carbocycles. The molecular weight excluding hydrogens is 1220 g/mol. The molecule has 0 spiro atoms. The van der Waals surface area contributed by atoms with E-state index in [1.54, 1.807) is 43.5 Å². The Balaban J connectivity index is -0.000000184. The van der Waals surface area contributed by atoms with Crippen LogP contribution in [0.25, 0.3) is 21.5 Å². The van der Waals surface area contributed by atoms with Crippen LogP contribution in [0.4, 0.5) is 0 Å². The lowest BCUT2D eigenvalue weighted by Crippen LogP contribution is -1.97. The minimum Gasteiger partial charge on any atom is -0.467 e. The van der Waals surface area contributed by atoms with Gasteiger partial charge in [0, 0.05) is 69.7 Å². The highest BCUT2D eigenvalue weighted by Crippen LogP contribution is 2.26. The first-order valence-electron chi connectivity index (χ1n) is 34.8. The average Bonchev–Trinajstić information content (AvgIpc) is 1.25. The highest BCUT2D eigenvalue weighted by molar-refractivity contribution is 7.11. The number of furan rings is 1. The fraction of sp³-hybridized carbons (Fsp3) is 0.451. The van der Waals surface area contributed by atoms with Gasteiger partial charge in [0.2, 0.25) is 0 Å². The molecule has 0 bridgehead atoms. The summed E-state index contributed by atoms with van der Waals surface area (Å²) in [6, 6.07) is 31.6. The van der Waals surface area contributed by atoms with Gasteiger partial charge in [-0.15, -0.1) is 11.3 Å². The molecule has 0 aliphatic heterocycles. The van der Waals surface area contributed by atoms with Crippen molar-refractivity contribution in [3.63, 3.8) is 0 Å². The van der Waals surface area contributed by atoms with Gasteiger partial charge in [0.1, 0.15) is 47.0 Å². The average molecular weight is 1350 g/mol. The number of benzene rings is 3. The first-order valence-corrected chi connectivity index (χ1v) is 35.7. The molecule has 11 rings (SSSR count). The minimum atomic E-state index is 0.792. The Labute approximate surface area is 596 Å². The van der Waals surface area contributed by atoms with E-state index < -0.39 is 0 Å². The predicted octanol–water partition coefficient (Wildman–Crippen LogP) is 24.4. The third-order valence-electron chi connectivity index (χ3n) is 10.4. The second kappa shape index (κ2) is 68.9. The summed E-state index contributed by atoms with van der Waals surface area (Å²) in [5.74, 6) is 6.02. The third kappa shape index (κ3) is 56.5. The molecule has 11 aromatic rings. The number of hydrogen-bond acceptors (Lipinski definition) is 15. The normalized spacial score (nSPS) is 8.46. The molecule has 0 saturated carbocycles. The van der Waals surface area contributed by atoms with E-state index in [1.807, 2.05) is 270 Å². The summed E-state index contributed by atoms with van der Waals surface area (Å²) in [5, 5.41) is 5.36. The van der Waals surface area contributed by atoms with Crippen molar-refractivity contribution in [2.45, 2.75) is 256 Å². The highest BCUT2D eigenvalue weighted by Gasteiger charge is 2.01. The lowest BCUT2D eigenvalue weighted by Gasteiger charge is -2.05. The molecule has 0 aliphatic rings. The molecule has 538 valence electrons. The summed E-state index contributed by atoms with van der Waals surface area (Å²) in [6.07, 6.45) is 12.1. The van der Waals surface area contributed by atoms with Crippen molar-refractivity contribution in [2.24, 2.45) is 0 Å². The van der Waals surface area contributed by atoms with E-state index in [4.69, 9.17) is 4.42 Å². The fourth-order valence-electron chi connectivity index (χ4n) is 6.98. The van der Waals surface area contributed by atoms with Gasteiger partial charge in [-0.1, -0.05) is 184 Å². The molecule has 0 N–H and O–H groups in total. The van der Waals surface area contributed by atoms with Gasteiger partial charge in [0.05, 0.1) is 22.8 Å². The van der Waals surface area contributed by atoms with Crippen LogP contribution in [0.5, 0.6) is 0 Å². The van der Waals surface area contributed by atoms with Crippen molar-refractivity contribution >= 4 is 32.9 Å². The topological polar surface area (TPSA) is 181 Å². The number of rotatable bonds is 0. The summed E-state index contributed by atoms with van der Waals surface area (Å²) in [6.45, 7) is 73.3. The van der Waals surface area contributed by atoms with Crippen molar-refractivity contribution in [1.82, 2.24) is 64.8 Å². The third-order valence-corrected chi connectivity index (χ3v) is 11.3. The van der Waals surface area contributed by atoms with Gasteiger partial charge in [-0.25, -0.2) is 44.9 Å². The molecule has 0 unspecified atom stereocenters. The standard InChI is InChI=1S/C16H14.C6H9N3.5C6H8N2.C6H8O.C6H8S.9C2H6/c1-11-3-7-15-13(9-11)5-6-14-10-12(2)4-8-16(14)15;1-4-7-5(2)9-6(3)8-4;1-5-3-8-6(2)4-7-5;1-5-3-7-4-6(2)8-5;1-5-3-6(2)8-4-7-5;2*1-5-3-4-7-6(2)8-5;2*1-5-3-4-6(2)7-5;9*1-2/h3-10H,1-2H3;1-3H3;5*3-4H,1-2H3;2*3-4H,1-2H3;9*1-2H3. The van der Waals surface area contributed by atoms with E-state index in [-0.39, 0.29) is 0 Å². The molecule has 0 fully saturated rings. The van der Waals surface area contributed by atoms with E-state index in [9.17, 15) is 0 Å². The molecule has 14 nitrogen and oxygen atoms in total. The van der Waals surface area contributed by atoms with Crippen molar-refractivity contribution < 1.29 is 4.42 Å². The molecule has 0 aliphatic carbocycles. The van der Waals surface area contributed by atoms with Crippen LogP contribution in [-0.4, -0.2) is 64.8 Å². The predicted molar refractivity (Wildman–Crippen MR) is 427 cm³/mol. The Kier molecular flexibility index (Phi) is 72.5. The second-order valence-electron chi connectivity index (χ2n) is 18.7. The first-order chi connectivity index (χ1) is 46.4. The number of nitrogens with zero attached hydrogens (tertiary/aromatic N) is 13. The Morgan fingerprint density at radius 2 is 0.588 bits per heavy atom. The van der Waals surface area contributed by atoms with Gasteiger partial charge in [0.15, 0.2) is 0 Å². The number of hydrogen-bond donors (Lipinski definition) is 0. The number of fused-ring (bicyclic) bond motifs is 3. The second-order valence-corrected chi connectivity index (χ2v) is 20.2. The van der Waals surface area contributed by atoms with Gasteiger partial charge in [-0.05, 0) is 196 Å². The summed E-state index contributed by atoms with van der Waals surface area (Å²) in [5.41, 5.74) is 10.6. The molecule has 0 amide bonds. The molecule has 0 radical (unpaired) electrons. The summed E-state index contributed by atoms with van der Waals surface area (Å²) < 4.78 is 5.08. The number of aromatic nitrogens is 13. The van der Waals surface area contributed by atoms with Crippen LogP contribution < -0.4 is 0 Å². The van der Waals surface area contributed by atoms with E-state index in [1.165, 1.54) is 42.4 Å². The van der Waals surface area contributed by atoms with Gasteiger partial charge < -0.3 is 4.42 Å². The van der Waals surface area contributed by atoms with Gasteiger partial charge in [-0.2, -0.15) is 0 Å². The smallest absolute Gasteiger partial charge is 0.129 e. The van der Waals surface area contributed by atoms with Gasteiger partial charge in [-0.3, -0.25) is 19.9 Å². The van der Waals surface area contributed by atoms with Gasteiger partial charge in [0.25, 0.3) is 0 Å². The zero-order chi connectivity index (χ0) is 76.4. The molecule has 8 aromatic heterocycles. The molecule has 8 heterocycles. The molecule has 0 atom stereocenters. The molecular formula is C82H133N13OS. The van der Waals surface area contributed by atoms with Crippen LogP contribution in [0.15, 0.2) is 139 Å². The van der Waals surface area contributed by atoms with Crippen LogP contribution in [-0.2, 0) is 0 Å². The van der Waals surface area contributed by atoms with E-state index in [2.05, 4.69) is 153 Å². The molecule has 15 heteroatoms. The molecule has 97 heavy (non-hydrogen) atoms. The summed E-state index contributed by atoms with van der Waals surface area (Å²) >= 11 is 1.84. The Bertz CT molecular complexity index is 3100. The van der Waals surface area contributed by atoms with Crippen molar-refractivity contribution in [3.8, 4) is 0 Å². The summed E-state index contributed by atoms with van der Waals surface area (Å²) in [4.78, 5) is 54.7. The summed E-state index contributed by atoms with van der Waals surface area (Å²) in [7, 11) is 0. The van der Waals surface area contributed by atoms with Crippen molar-refractivity contribution in [3.05, 3.63) is 242 Å². The number of aryl methyl sites for hydroxylation is 19. The SMILES string of the molecule is CC.CC.CC.CC.CC.CC.CC.CC.CC.Cc1cc(C)ncn1.Cc1ccc(C)o1.Cc1ccc(C)s1.Cc1ccc2c(ccc3cc(C)ccc32)c1.Cc1ccnc(C)n1.Cc1ccnc(C)n1.Cc1cnc(C)cn1.Cc1cncc(C)n1.Cc1nc(C)nc(C)n1.